The predicted molar refractivity (Wildman–Crippen MR) is 70.8 cm³/mol. The molecule has 7 nitrogen and oxygen atoms in total. The fourth-order valence-corrected chi connectivity index (χ4v) is 2.07. The molecule has 0 aliphatic carbocycles. The third-order valence-corrected chi connectivity index (χ3v) is 3.36. The van der Waals surface area contributed by atoms with Gasteiger partial charge >= 0.3 is 0 Å². The molecule has 4 N–H and O–H groups in total. The monoisotopic (exact) mass is 298 g/mol. The molecule has 1 fully saturated rings. The summed E-state index contributed by atoms with van der Waals surface area (Å²) < 4.78 is 10.6. The number of carbonyl (C=O) groups excluding carboxylic acids is 1. The van der Waals surface area contributed by atoms with Gasteiger partial charge in [-0.1, -0.05) is 0 Å². The highest BCUT2D eigenvalue weighted by Crippen LogP contribution is 2.24. The molecule has 0 saturated carbocycles. The molecule has 0 bridgehead atoms. The van der Waals surface area contributed by atoms with Gasteiger partial charge in [0, 0.05) is 5.56 Å². The summed E-state index contributed by atoms with van der Waals surface area (Å²) in [5.74, 6) is 0.235. The van der Waals surface area contributed by atoms with Crippen molar-refractivity contribution in [2.75, 3.05) is 6.61 Å². The Labute approximate surface area is 121 Å². The van der Waals surface area contributed by atoms with Crippen LogP contribution in [-0.2, 0) is 4.74 Å². The Kier molecular flexibility index (Phi) is 4.92. The quantitative estimate of drug-likeness (QED) is 0.530. The van der Waals surface area contributed by atoms with Gasteiger partial charge in [0.1, 0.15) is 30.2 Å². The van der Waals surface area contributed by atoms with Crippen LogP contribution in [0.2, 0.25) is 0 Å². The maximum absolute atomic E-state index is 11.2. The Bertz CT molecular complexity index is 485. The average Bonchev–Trinajstić information content (AvgIpc) is 2.48. The van der Waals surface area contributed by atoms with Gasteiger partial charge in [-0.3, -0.25) is 4.79 Å². The van der Waals surface area contributed by atoms with Crippen molar-refractivity contribution in [3.63, 3.8) is 0 Å². The van der Waals surface area contributed by atoms with E-state index in [2.05, 4.69) is 0 Å². The Morgan fingerprint density at radius 2 is 1.76 bits per heavy atom. The predicted octanol–water partition coefficient (Wildman–Crippen LogP) is -0.932. The molecule has 1 heterocycles. The maximum atomic E-state index is 11.2. The van der Waals surface area contributed by atoms with Crippen molar-refractivity contribution < 1.29 is 34.7 Å². The highest BCUT2D eigenvalue weighted by Gasteiger charge is 2.44. The fraction of sp³-hybridized carbons (Fsp3) is 0.500. The first kappa shape index (κ1) is 15.9. The molecule has 0 radical (unpaired) electrons. The molecular weight excluding hydrogens is 280 g/mol. The van der Waals surface area contributed by atoms with Gasteiger partial charge in [-0.15, -0.1) is 0 Å². The van der Waals surface area contributed by atoms with Gasteiger partial charge in [-0.25, -0.2) is 0 Å². The Hall–Kier alpha value is -1.51. The fourth-order valence-electron chi connectivity index (χ4n) is 2.07. The van der Waals surface area contributed by atoms with Crippen molar-refractivity contribution in [1.82, 2.24) is 0 Å². The summed E-state index contributed by atoms with van der Waals surface area (Å²) in [6, 6.07) is 6.17. The molecule has 21 heavy (non-hydrogen) atoms. The lowest BCUT2D eigenvalue weighted by molar-refractivity contribution is -0.277. The van der Waals surface area contributed by atoms with Gasteiger partial charge in [-0.05, 0) is 31.2 Å². The van der Waals surface area contributed by atoms with E-state index < -0.39 is 37.3 Å². The molecule has 1 aromatic rings. The summed E-state index contributed by atoms with van der Waals surface area (Å²) in [5.41, 5.74) is 0.510. The van der Waals surface area contributed by atoms with Crippen LogP contribution in [0.3, 0.4) is 0 Å². The van der Waals surface area contributed by atoms with Crippen LogP contribution in [0.4, 0.5) is 0 Å². The van der Waals surface area contributed by atoms with Gasteiger partial charge < -0.3 is 29.9 Å². The Morgan fingerprint density at radius 3 is 2.29 bits per heavy atom. The zero-order valence-electron chi connectivity index (χ0n) is 11.4. The summed E-state index contributed by atoms with van der Waals surface area (Å²) in [6.07, 6.45) is -6.63. The van der Waals surface area contributed by atoms with Crippen molar-refractivity contribution in [2.45, 2.75) is 37.6 Å². The molecule has 5 atom stereocenters. The topological polar surface area (TPSA) is 116 Å². The van der Waals surface area contributed by atoms with E-state index in [0.29, 0.717) is 11.3 Å². The van der Waals surface area contributed by atoms with E-state index in [0.717, 1.165) is 0 Å². The van der Waals surface area contributed by atoms with Crippen LogP contribution < -0.4 is 4.74 Å². The van der Waals surface area contributed by atoms with Crippen molar-refractivity contribution >= 4 is 5.78 Å². The number of aliphatic hydroxyl groups excluding tert-OH is 4. The zero-order chi connectivity index (χ0) is 15.6. The van der Waals surface area contributed by atoms with E-state index in [-0.39, 0.29) is 5.78 Å². The van der Waals surface area contributed by atoms with Gasteiger partial charge in [0.15, 0.2) is 5.78 Å². The highest BCUT2D eigenvalue weighted by molar-refractivity contribution is 5.94. The molecule has 1 aliphatic rings. The van der Waals surface area contributed by atoms with E-state index >= 15 is 0 Å². The van der Waals surface area contributed by atoms with E-state index in [4.69, 9.17) is 14.6 Å². The number of aliphatic hydroxyl groups is 4. The van der Waals surface area contributed by atoms with Crippen LogP contribution in [0.5, 0.6) is 5.75 Å². The number of hydrogen-bond acceptors (Lipinski definition) is 7. The van der Waals surface area contributed by atoms with Crippen LogP contribution in [-0.4, -0.2) is 63.5 Å². The molecule has 7 heteroatoms. The SMILES string of the molecule is CC(=O)c1ccc(O[C@@H]2O[C@@H](CO)[C@@H](O)[C@H](O)[C@@H]2O)cc1. The van der Waals surface area contributed by atoms with Crippen molar-refractivity contribution in [1.29, 1.82) is 0 Å². The summed E-state index contributed by atoms with van der Waals surface area (Å²) in [6.45, 7) is 0.918. The molecule has 0 unspecified atom stereocenters. The minimum atomic E-state index is -1.49. The standard InChI is InChI=1S/C14H18O7/c1-7(16)8-2-4-9(5-3-8)20-14-13(19)12(18)11(17)10(6-15)21-14/h2-5,10-15,17-19H,6H2,1H3/t10-,11+,12-,13-,14+/m0/s1. The lowest BCUT2D eigenvalue weighted by atomic mass is 9.99. The van der Waals surface area contributed by atoms with E-state index in [1.54, 1.807) is 12.1 Å². The lowest BCUT2D eigenvalue weighted by Gasteiger charge is -2.39. The van der Waals surface area contributed by atoms with Crippen molar-refractivity contribution in [2.24, 2.45) is 0 Å². The van der Waals surface area contributed by atoms with Crippen LogP contribution in [0.1, 0.15) is 17.3 Å². The van der Waals surface area contributed by atoms with E-state index in [1.165, 1.54) is 19.1 Å². The molecule has 1 aliphatic heterocycles. The molecule has 116 valence electrons. The van der Waals surface area contributed by atoms with E-state index in [1.807, 2.05) is 0 Å². The summed E-state index contributed by atoms with van der Waals surface area (Å²) in [5, 5.41) is 38.2. The van der Waals surface area contributed by atoms with Crippen LogP contribution in [0.15, 0.2) is 24.3 Å². The molecule has 0 aromatic heterocycles. The summed E-state index contributed by atoms with van der Waals surface area (Å²) in [4.78, 5) is 11.2. The smallest absolute Gasteiger partial charge is 0.229 e. The third kappa shape index (κ3) is 3.39. The molecule has 0 spiro atoms. The molecule has 2 rings (SSSR count). The van der Waals surface area contributed by atoms with Crippen LogP contribution in [0.25, 0.3) is 0 Å². The number of hydrogen-bond donors (Lipinski definition) is 4. The number of ether oxygens (including phenoxy) is 2. The molecule has 1 aromatic carbocycles. The minimum Gasteiger partial charge on any atom is -0.462 e. The number of ketones is 1. The van der Waals surface area contributed by atoms with Crippen LogP contribution in [0, 0.1) is 0 Å². The molecular formula is C14H18O7. The van der Waals surface area contributed by atoms with Gasteiger partial charge in [0.2, 0.25) is 6.29 Å². The number of Topliss-reactive ketones (excluding diaryl/α,β-unsaturated/α-hetero) is 1. The maximum Gasteiger partial charge on any atom is 0.229 e. The second kappa shape index (κ2) is 6.50. The van der Waals surface area contributed by atoms with Crippen LogP contribution >= 0.6 is 0 Å². The van der Waals surface area contributed by atoms with E-state index in [9.17, 15) is 20.1 Å². The third-order valence-electron chi connectivity index (χ3n) is 3.36. The largest absolute Gasteiger partial charge is 0.462 e. The summed E-state index contributed by atoms with van der Waals surface area (Å²) in [7, 11) is 0. The number of rotatable bonds is 4. The lowest BCUT2D eigenvalue weighted by Crippen LogP contribution is -2.60. The van der Waals surface area contributed by atoms with Gasteiger partial charge in [0.25, 0.3) is 0 Å². The second-order valence-corrected chi connectivity index (χ2v) is 4.90. The van der Waals surface area contributed by atoms with Gasteiger partial charge in [-0.2, -0.15) is 0 Å². The number of carbonyl (C=O) groups is 1. The number of benzene rings is 1. The zero-order valence-corrected chi connectivity index (χ0v) is 11.4. The first-order valence-electron chi connectivity index (χ1n) is 6.52. The Balaban J connectivity index is 2.08. The normalized spacial score (nSPS) is 32.7. The van der Waals surface area contributed by atoms with Gasteiger partial charge in [0.05, 0.1) is 6.61 Å². The van der Waals surface area contributed by atoms with Crippen molar-refractivity contribution in [3.8, 4) is 5.75 Å². The molecule has 1 saturated heterocycles. The second-order valence-electron chi connectivity index (χ2n) is 4.90. The Morgan fingerprint density at radius 1 is 1.14 bits per heavy atom. The molecule has 0 amide bonds. The van der Waals surface area contributed by atoms with Crippen molar-refractivity contribution in [3.05, 3.63) is 29.8 Å². The first-order valence-corrected chi connectivity index (χ1v) is 6.52. The summed E-state index contributed by atoms with van der Waals surface area (Å²) >= 11 is 0. The highest BCUT2D eigenvalue weighted by atomic mass is 16.7. The first-order chi connectivity index (χ1) is 9.93. The average molecular weight is 298 g/mol. The minimum absolute atomic E-state index is 0.0885.